The SMILES string of the molecule is Cc1cc(Br)c(O)c(CC2CCCN2)c1F. The quantitative estimate of drug-likeness (QED) is 0.877. The van der Waals surface area contributed by atoms with Crippen molar-refractivity contribution in [3.63, 3.8) is 0 Å². The minimum atomic E-state index is -0.283. The molecule has 1 unspecified atom stereocenters. The summed E-state index contributed by atoms with van der Waals surface area (Å²) < 4.78 is 14.5. The number of phenolic OH excluding ortho intramolecular Hbond substituents is 1. The molecule has 16 heavy (non-hydrogen) atoms. The molecule has 1 aromatic carbocycles. The molecule has 0 aliphatic carbocycles. The predicted octanol–water partition coefficient (Wildman–Crippen LogP) is 2.90. The third-order valence-electron chi connectivity index (χ3n) is 3.08. The first-order chi connectivity index (χ1) is 7.59. The second kappa shape index (κ2) is 4.72. The van der Waals surface area contributed by atoms with Gasteiger partial charge in [-0.1, -0.05) is 0 Å². The van der Waals surface area contributed by atoms with Crippen molar-refractivity contribution in [2.45, 2.75) is 32.2 Å². The fraction of sp³-hybridized carbons (Fsp3) is 0.500. The van der Waals surface area contributed by atoms with Crippen LogP contribution in [0.1, 0.15) is 24.0 Å². The molecular formula is C12H15BrFNO. The maximum absolute atomic E-state index is 13.9. The molecule has 0 spiro atoms. The van der Waals surface area contributed by atoms with Crippen molar-refractivity contribution in [3.05, 3.63) is 27.5 Å². The van der Waals surface area contributed by atoms with E-state index in [1.807, 2.05) is 0 Å². The number of aryl methyl sites for hydroxylation is 1. The van der Waals surface area contributed by atoms with Crippen LogP contribution in [0.3, 0.4) is 0 Å². The zero-order valence-corrected chi connectivity index (χ0v) is 10.8. The van der Waals surface area contributed by atoms with Crippen LogP contribution in [0.4, 0.5) is 4.39 Å². The number of nitrogens with one attached hydrogen (secondary N) is 1. The van der Waals surface area contributed by atoms with Crippen molar-refractivity contribution in [3.8, 4) is 5.75 Å². The standard InChI is InChI=1S/C12H15BrFNO/c1-7-5-10(13)12(16)9(11(7)14)6-8-3-2-4-15-8/h5,8,15-16H,2-4,6H2,1H3. The highest BCUT2D eigenvalue weighted by Gasteiger charge is 2.21. The van der Waals surface area contributed by atoms with Gasteiger partial charge in [-0.3, -0.25) is 0 Å². The Bertz CT molecular complexity index is 376. The number of phenols is 1. The van der Waals surface area contributed by atoms with E-state index in [1.165, 1.54) is 0 Å². The van der Waals surface area contributed by atoms with Crippen LogP contribution in [0.2, 0.25) is 0 Å². The van der Waals surface area contributed by atoms with Crippen molar-refractivity contribution in [2.24, 2.45) is 0 Å². The van der Waals surface area contributed by atoms with Gasteiger partial charge in [0.2, 0.25) is 0 Å². The molecular weight excluding hydrogens is 273 g/mol. The minimum absolute atomic E-state index is 0.0387. The van der Waals surface area contributed by atoms with Crippen molar-refractivity contribution < 1.29 is 9.50 Å². The molecule has 0 bridgehead atoms. The van der Waals surface area contributed by atoms with Crippen molar-refractivity contribution in [1.29, 1.82) is 0 Å². The second-order valence-corrected chi connectivity index (χ2v) is 5.17. The molecule has 2 rings (SSSR count). The number of aromatic hydroxyl groups is 1. The molecule has 0 amide bonds. The summed E-state index contributed by atoms with van der Waals surface area (Å²) in [5.74, 6) is -0.244. The Balaban J connectivity index is 2.31. The Labute approximate surface area is 103 Å². The zero-order chi connectivity index (χ0) is 11.7. The molecule has 1 aromatic rings. The van der Waals surface area contributed by atoms with Gasteiger partial charge in [-0.2, -0.15) is 0 Å². The number of halogens is 2. The molecule has 1 atom stereocenters. The van der Waals surface area contributed by atoms with Gasteiger partial charge in [0.25, 0.3) is 0 Å². The lowest BCUT2D eigenvalue weighted by Crippen LogP contribution is -2.24. The first kappa shape index (κ1) is 11.9. The Morgan fingerprint density at radius 1 is 1.62 bits per heavy atom. The lowest BCUT2D eigenvalue weighted by molar-refractivity contribution is 0.446. The van der Waals surface area contributed by atoms with Crippen molar-refractivity contribution in [1.82, 2.24) is 5.32 Å². The highest BCUT2D eigenvalue weighted by atomic mass is 79.9. The van der Waals surface area contributed by atoms with E-state index in [0.717, 1.165) is 19.4 Å². The van der Waals surface area contributed by atoms with Crippen LogP contribution in [0.25, 0.3) is 0 Å². The Hall–Kier alpha value is -0.610. The monoisotopic (exact) mass is 287 g/mol. The molecule has 1 saturated heterocycles. The van der Waals surface area contributed by atoms with E-state index < -0.39 is 0 Å². The summed E-state index contributed by atoms with van der Waals surface area (Å²) in [6.45, 7) is 2.70. The van der Waals surface area contributed by atoms with E-state index in [-0.39, 0.29) is 17.6 Å². The molecule has 2 N–H and O–H groups in total. The van der Waals surface area contributed by atoms with Gasteiger partial charge in [0.1, 0.15) is 11.6 Å². The maximum atomic E-state index is 13.9. The van der Waals surface area contributed by atoms with E-state index in [1.54, 1.807) is 13.0 Å². The smallest absolute Gasteiger partial charge is 0.135 e. The molecule has 0 saturated carbocycles. The lowest BCUT2D eigenvalue weighted by Gasteiger charge is -2.14. The molecule has 1 heterocycles. The number of rotatable bonds is 2. The van der Waals surface area contributed by atoms with Gasteiger partial charge in [0.05, 0.1) is 4.47 Å². The second-order valence-electron chi connectivity index (χ2n) is 4.31. The summed E-state index contributed by atoms with van der Waals surface area (Å²) in [4.78, 5) is 0. The first-order valence-corrected chi connectivity index (χ1v) is 6.28. The van der Waals surface area contributed by atoms with E-state index >= 15 is 0 Å². The molecule has 4 heteroatoms. The molecule has 88 valence electrons. The normalized spacial score (nSPS) is 20.3. The van der Waals surface area contributed by atoms with Crippen molar-refractivity contribution in [2.75, 3.05) is 6.54 Å². The van der Waals surface area contributed by atoms with E-state index in [2.05, 4.69) is 21.2 Å². The molecule has 1 aliphatic heterocycles. The third kappa shape index (κ3) is 2.23. The summed E-state index contributed by atoms with van der Waals surface area (Å²) in [7, 11) is 0. The van der Waals surface area contributed by atoms with Crippen LogP contribution in [0.15, 0.2) is 10.5 Å². The topological polar surface area (TPSA) is 32.3 Å². The Morgan fingerprint density at radius 3 is 3.00 bits per heavy atom. The van der Waals surface area contributed by atoms with Gasteiger partial charge in [0.15, 0.2) is 0 Å². The average Bonchev–Trinajstić information content (AvgIpc) is 2.74. The van der Waals surface area contributed by atoms with E-state index in [4.69, 9.17) is 0 Å². The molecule has 1 aliphatic rings. The molecule has 1 fully saturated rings. The summed E-state index contributed by atoms with van der Waals surface area (Å²) in [6, 6.07) is 1.89. The number of benzene rings is 1. The summed E-state index contributed by atoms with van der Waals surface area (Å²) in [6.07, 6.45) is 2.72. The van der Waals surface area contributed by atoms with Gasteiger partial charge >= 0.3 is 0 Å². The minimum Gasteiger partial charge on any atom is -0.506 e. The third-order valence-corrected chi connectivity index (χ3v) is 3.68. The Kier molecular flexibility index (Phi) is 3.50. The Morgan fingerprint density at radius 2 is 2.38 bits per heavy atom. The summed E-state index contributed by atoms with van der Waals surface area (Å²) >= 11 is 3.24. The molecule has 0 aromatic heterocycles. The number of hydrogen-bond donors (Lipinski definition) is 2. The fourth-order valence-corrected chi connectivity index (χ4v) is 2.75. The fourth-order valence-electron chi connectivity index (χ4n) is 2.17. The van der Waals surface area contributed by atoms with Gasteiger partial charge in [-0.25, -0.2) is 4.39 Å². The van der Waals surface area contributed by atoms with Gasteiger partial charge in [0, 0.05) is 11.6 Å². The highest BCUT2D eigenvalue weighted by molar-refractivity contribution is 9.10. The highest BCUT2D eigenvalue weighted by Crippen LogP contribution is 2.33. The zero-order valence-electron chi connectivity index (χ0n) is 9.19. The number of hydrogen-bond acceptors (Lipinski definition) is 2. The van der Waals surface area contributed by atoms with Gasteiger partial charge in [-0.15, -0.1) is 0 Å². The van der Waals surface area contributed by atoms with Crippen LogP contribution in [0.5, 0.6) is 5.75 Å². The summed E-state index contributed by atoms with van der Waals surface area (Å²) in [5.41, 5.74) is 0.990. The van der Waals surface area contributed by atoms with Gasteiger partial charge in [-0.05, 0) is 60.3 Å². The van der Waals surface area contributed by atoms with Crippen LogP contribution in [-0.2, 0) is 6.42 Å². The summed E-state index contributed by atoms with van der Waals surface area (Å²) in [5, 5.41) is 13.2. The molecule has 0 radical (unpaired) electrons. The average molecular weight is 288 g/mol. The van der Waals surface area contributed by atoms with Gasteiger partial charge < -0.3 is 10.4 Å². The van der Waals surface area contributed by atoms with Crippen LogP contribution < -0.4 is 5.32 Å². The largest absolute Gasteiger partial charge is 0.506 e. The molecule has 2 nitrogen and oxygen atoms in total. The van der Waals surface area contributed by atoms with Crippen LogP contribution >= 0.6 is 15.9 Å². The van der Waals surface area contributed by atoms with Crippen LogP contribution in [-0.4, -0.2) is 17.7 Å². The maximum Gasteiger partial charge on any atom is 0.135 e. The lowest BCUT2D eigenvalue weighted by atomic mass is 10.0. The van der Waals surface area contributed by atoms with Crippen LogP contribution in [0, 0.1) is 12.7 Å². The van der Waals surface area contributed by atoms with Crippen molar-refractivity contribution >= 4 is 15.9 Å². The predicted molar refractivity (Wildman–Crippen MR) is 65.2 cm³/mol. The van der Waals surface area contributed by atoms with E-state index in [9.17, 15) is 9.50 Å². The first-order valence-electron chi connectivity index (χ1n) is 5.49. The van der Waals surface area contributed by atoms with E-state index in [0.29, 0.717) is 22.0 Å².